The topological polar surface area (TPSA) is 63.5 Å². The standard InChI is InChI=1S/C16H26N3O3P/c1-6-21-23(20,22-7-2)15-14(13-11-9-8-10-12-13)19(18-17-15)16(3,4)5/h8-12,14-15H,6-7H2,1-5H3. The third-order valence-corrected chi connectivity index (χ3v) is 5.85. The van der Waals surface area contributed by atoms with Crippen LogP contribution in [0.3, 0.4) is 0 Å². The van der Waals surface area contributed by atoms with Gasteiger partial charge in [-0.05, 0) is 40.2 Å². The average Bonchev–Trinajstić information content (AvgIpc) is 2.94. The van der Waals surface area contributed by atoms with Crippen LogP contribution in [0, 0.1) is 0 Å². The maximum atomic E-state index is 13.2. The molecule has 0 radical (unpaired) electrons. The van der Waals surface area contributed by atoms with Crippen LogP contribution in [-0.4, -0.2) is 29.5 Å². The van der Waals surface area contributed by atoms with E-state index in [1.54, 1.807) is 13.8 Å². The van der Waals surface area contributed by atoms with Crippen LogP contribution < -0.4 is 0 Å². The Kier molecular flexibility index (Phi) is 5.61. The molecule has 2 atom stereocenters. The number of benzene rings is 1. The zero-order valence-corrected chi connectivity index (χ0v) is 15.4. The van der Waals surface area contributed by atoms with Crippen LogP contribution in [0.4, 0.5) is 0 Å². The molecule has 7 heteroatoms. The minimum Gasteiger partial charge on any atom is -0.307 e. The molecular formula is C16H26N3O3P. The lowest BCUT2D eigenvalue weighted by Crippen LogP contribution is -2.40. The molecule has 0 N–H and O–H groups in total. The average molecular weight is 339 g/mol. The molecule has 0 amide bonds. The zero-order chi connectivity index (χ0) is 17.1. The van der Waals surface area contributed by atoms with Gasteiger partial charge in [-0.1, -0.05) is 35.6 Å². The molecule has 23 heavy (non-hydrogen) atoms. The van der Waals surface area contributed by atoms with E-state index in [2.05, 4.69) is 31.1 Å². The van der Waals surface area contributed by atoms with Crippen molar-refractivity contribution in [3.05, 3.63) is 35.9 Å². The summed E-state index contributed by atoms with van der Waals surface area (Å²) in [6.45, 7) is 10.4. The van der Waals surface area contributed by atoms with E-state index < -0.39 is 13.4 Å². The molecule has 0 spiro atoms. The Balaban J connectivity index is 2.46. The van der Waals surface area contributed by atoms with Gasteiger partial charge in [0.2, 0.25) is 0 Å². The van der Waals surface area contributed by atoms with Crippen LogP contribution in [0.15, 0.2) is 40.7 Å². The maximum Gasteiger partial charge on any atom is 0.359 e. The molecule has 0 fully saturated rings. The van der Waals surface area contributed by atoms with E-state index in [4.69, 9.17) is 9.05 Å². The highest BCUT2D eigenvalue weighted by atomic mass is 31.2. The van der Waals surface area contributed by atoms with Crippen LogP contribution >= 0.6 is 7.60 Å². The van der Waals surface area contributed by atoms with Gasteiger partial charge in [0.25, 0.3) is 0 Å². The van der Waals surface area contributed by atoms with Gasteiger partial charge in [0.1, 0.15) is 6.04 Å². The number of hydrogen-bond acceptors (Lipinski definition) is 6. The van der Waals surface area contributed by atoms with Crippen LogP contribution in [0.1, 0.15) is 46.2 Å². The molecular weight excluding hydrogens is 313 g/mol. The summed E-state index contributed by atoms with van der Waals surface area (Å²) in [6.07, 6.45) is 0. The van der Waals surface area contributed by atoms with Crippen molar-refractivity contribution in [2.75, 3.05) is 13.2 Å². The van der Waals surface area contributed by atoms with E-state index in [0.29, 0.717) is 13.2 Å². The number of rotatable bonds is 6. The summed E-state index contributed by atoms with van der Waals surface area (Å²) in [7, 11) is -3.40. The second kappa shape index (κ2) is 7.12. The Bertz CT molecular complexity index is 576. The number of hydrogen-bond donors (Lipinski definition) is 0. The van der Waals surface area contributed by atoms with E-state index in [1.165, 1.54) is 0 Å². The first-order chi connectivity index (χ1) is 10.8. The van der Waals surface area contributed by atoms with Gasteiger partial charge >= 0.3 is 7.60 Å². The Morgan fingerprint density at radius 2 is 1.70 bits per heavy atom. The molecule has 0 saturated heterocycles. The fourth-order valence-electron chi connectivity index (χ4n) is 2.65. The molecule has 2 rings (SSSR count). The van der Waals surface area contributed by atoms with Crippen molar-refractivity contribution in [2.24, 2.45) is 10.3 Å². The van der Waals surface area contributed by atoms with Gasteiger partial charge in [-0.2, -0.15) is 5.11 Å². The summed E-state index contributed by atoms with van der Waals surface area (Å²) in [6, 6.07) is 9.58. The van der Waals surface area contributed by atoms with Crippen molar-refractivity contribution in [3.63, 3.8) is 0 Å². The van der Waals surface area contributed by atoms with Gasteiger partial charge in [-0.3, -0.25) is 9.57 Å². The van der Waals surface area contributed by atoms with Crippen LogP contribution in [0.25, 0.3) is 0 Å². The fourth-order valence-corrected chi connectivity index (χ4v) is 4.57. The van der Waals surface area contributed by atoms with Crippen LogP contribution in [0.5, 0.6) is 0 Å². The summed E-state index contributed by atoms with van der Waals surface area (Å²) < 4.78 is 24.3. The predicted molar refractivity (Wildman–Crippen MR) is 90.3 cm³/mol. The van der Waals surface area contributed by atoms with Crippen molar-refractivity contribution >= 4 is 7.60 Å². The Morgan fingerprint density at radius 3 is 2.17 bits per heavy atom. The normalized spacial score (nSPS) is 21.9. The molecule has 1 aromatic carbocycles. The van der Waals surface area contributed by atoms with Crippen LogP contribution in [0.2, 0.25) is 0 Å². The molecule has 128 valence electrons. The largest absolute Gasteiger partial charge is 0.359 e. The van der Waals surface area contributed by atoms with E-state index >= 15 is 0 Å². The first-order valence-electron chi connectivity index (χ1n) is 7.97. The summed E-state index contributed by atoms with van der Waals surface area (Å²) in [4.78, 5) is 0. The van der Waals surface area contributed by atoms with E-state index in [-0.39, 0.29) is 11.6 Å². The maximum absolute atomic E-state index is 13.2. The Hall–Kier alpha value is -1.23. The van der Waals surface area contributed by atoms with Crippen LogP contribution in [-0.2, 0) is 13.6 Å². The summed E-state index contributed by atoms with van der Waals surface area (Å²) in [5, 5.41) is 10.5. The highest BCUT2D eigenvalue weighted by Gasteiger charge is 2.50. The molecule has 1 aromatic rings. The molecule has 0 saturated carbocycles. The third kappa shape index (κ3) is 3.82. The lowest BCUT2D eigenvalue weighted by atomic mass is 10.0. The molecule has 1 aliphatic heterocycles. The molecule has 1 heterocycles. The molecule has 0 aromatic heterocycles. The van der Waals surface area contributed by atoms with Gasteiger partial charge < -0.3 is 9.05 Å². The van der Waals surface area contributed by atoms with Crippen molar-refractivity contribution in [1.29, 1.82) is 0 Å². The third-order valence-electron chi connectivity index (χ3n) is 3.58. The fraction of sp³-hybridized carbons (Fsp3) is 0.625. The molecule has 0 bridgehead atoms. The zero-order valence-electron chi connectivity index (χ0n) is 14.5. The van der Waals surface area contributed by atoms with Crippen molar-refractivity contribution in [2.45, 2.75) is 52.0 Å². The van der Waals surface area contributed by atoms with E-state index in [1.807, 2.05) is 35.3 Å². The second-order valence-corrected chi connectivity index (χ2v) is 8.49. The van der Waals surface area contributed by atoms with Crippen molar-refractivity contribution in [1.82, 2.24) is 5.01 Å². The Labute approximate surface area is 138 Å². The van der Waals surface area contributed by atoms with Crippen molar-refractivity contribution in [3.8, 4) is 0 Å². The quantitative estimate of drug-likeness (QED) is 0.698. The lowest BCUT2D eigenvalue weighted by molar-refractivity contribution is 0.0987. The second-order valence-electron chi connectivity index (χ2n) is 6.36. The SMILES string of the molecule is CCOP(=O)(OCC)C1N=NN(C(C)(C)C)C1c1ccccc1. The first-order valence-corrected chi connectivity index (χ1v) is 9.58. The molecule has 1 aliphatic rings. The first kappa shape index (κ1) is 18.1. The van der Waals surface area contributed by atoms with Gasteiger partial charge in [-0.15, -0.1) is 0 Å². The summed E-state index contributed by atoms with van der Waals surface area (Å²) in [5.41, 5.74) is 0.735. The van der Waals surface area contributed by atoms with E-state index in [0.717, 1.165) is 5.56 Å². The van der Waals surface area contributed by atoms with Crippen molar-refractivity contribution < 1.29 is 13.6 Å². The molecule has 2 unspecified atom stereocenters. The highest BCUT2D eigenvalue weighted by Crippen LogP contribution is 2.61. The molecule has 6 nitrogen and oxygen atoms in total. The minimum absolute atomic E-state index is 0.262. The van der Waals surface area contributed by atoms with Gasteiger partial charge in [0, 0.05) is 0 Å². The number of nitrogens with zero attached hydrogens (tertiary/aromatic N) is 3. The molecule has 0 aliphatic carbocycles. The monoisotopic (exact) mass is 339 g/mol. The van der Waals surface area contributed by atoms with Gasteiger partial charge in [0.05, 0.1) is 18.8 Å². The smallest absolute Gasteiger partial charge is 0.307 e. The lowest BCUT2D eigenvalue weighted by Gasteiger charge is -2.37. The van der Waals surface area contributed by atoms with Gasteiger partial charge in [0.15, 0.2) is 5.78 Å². The summed E-state index contributed by atoms with van der Waals surface area (Å²) >= 11 is 0. The van der Waals surface area contributed by atoms with Gasteiger partial charge in [-0.25, -0.2) is 0 Å². The highest BCUT2D eigenvalue weighted by molar-refractivity contribution is 7.54. The Morgan fingerprint density at radius 1 is 1.13 bits per heavy atom. The minimum atomic E-state index is -3.40. The summed E-state index contributed by atoms with van der Waals surface area (Å²) in [5.74, 6) is -0.663. The predicted octanol–water partition coefficient (Wildman–Crippen LogP) is 4.80. The van der Waals surface area contributed by atoms with E-state index in [9.17, 15) is 4.57 Å².